The fourth-order valence-electron chi connectivity index (χ4n) is 2.49. The number of methoxy groups -OCH3 is 1. The Hall–Kier alpha value is -3.06. The van der Waals surface area contributed by atoms with Crippen molar-refractivity contribution in [3.63, 3.8) is 0 Å². The summed E-state index contributed by atoms with van der Waals surface area (Å²) in [7, 11) is 1.33. The molecule has 0 saturated carbocycles. The lowest BCUT2D eigenvalue weighted by molar-refractivity contribution is -0.115. The molecule has 0 aromatic heterocycles. The average Bonchev–Trinajstić information content (AvgIpc) is 3.01. The lowest BCUT2D eigenvalue weighted by atomic mass is 10.2. The molecule has 0 spiro atoms. The van der Waals surface area contributed by atoms with Gasteiger partial charge in [-0.15, -0.1) is 0 Å². The van der Waals surface area contributed by atoms with Gasteiger partial charge in [-0.25, -0.2) is 9.79 Å². The van der Waals surface area contributed by atoms with Crippen LogP contribution < -0.4 is 10.1 Å². The number of benzene rings is 2. The monoisotopic (exact) mass is 396 g/mol. The van der Waals surface area contributed by atoms with Crippen molar-refractivity contribution in [2.75, 3.05) is 7.11 Å². The minimum atomic E-state index is -0.407. The van der Waals surface area contributed by atoms with Crippen molar-refractivity contribution in [1.82, 2.24) is 5.32 Å². The Bertz CT molecular complexity index is 949. The summed E-state index contributed by atoms with van der Waals surface area (Å²) in [6.45, 7) is 3.91. The number of para-hydroxylation sites is 1. The Morgan fingerprint density at radius 2 is 1.86 bits per heavy atom. The molecule has 144 valence electrons. The SMILES string of the molecule is COC(=O)c1ccc(N=C2NC(=O)C(=Cc3ccccc3OC(C)C)S2)cc1. The minimum Gasteiger partial charge on any atom is -0.490 e. The first-order valence-corrected chi connectivity index (χ1v) is 9.51. The molecule has 1 amide bonds. The van der Waals surface area contributed by atoms with Crippen molar-refractivity contribution >= 4 is 40.6 Å². The van der Waals surface area contributed by atoms with Crippen LogP contribution in [0.1, 0.15) is 29.8 Å². The van der Waals surface area contributed by atoms with Crippen molar-refractivity contribution in [2.24, 2.45) is 4.99 Å². The van der Waals surface area contributed by atoms with E-state index in [1.54, 1.807) is 30.3 Å². The van der Waals surface area contributed by atoms with E-state index in [1.165, 1.54) is 18.9 Å². The van der Waals surface area contributed by atoms with Gasteiger partial charge < -0.3 is 14.8 Å². The Balaban J connectivity index is 1.79. The van der Waals surface area contributed by atoms with Crippen molar-refractivity contribution < 1.29 is 19.1 Å². The van der Waals surface area contributed by atoms with Crippen LogP contribution in [0.4, 0.5) is 5.69 Å². The summed E-state index contributed by atoms with van der Waals surface area (Å²) in [6.07, 6.45) is 1.83. The van der Waals surface area contributed by atoms with E-state index >= 15 is 0 Å². The molecule has 1 aliphatic rings. The molecule has 1 heterocycles. The van der Waals surface area contributed by atoms with Gasteiger partial charge in [0, 0.05) is 5.56 Å². The summed E-state index contributed by atoms with van der Waals surface area (Å²) in [4.78, 5) is 28.8. The van der Waals surface area contributed by atoms with E-state index in [9.17, 15) is 9.59 Å². The number of rotatable bonds is 5. The Morgan fingerprint density at radius 1 is 1.14 bits per heavy atom. The van der Waals surface area contributed by atoms with Crippen LogP contribution in [0.3, 0.4) is 0 Å². The molecule has 0 atom stereocenters. The van der Waals surface area contributed by atoms with Crippen LogP contribution in [0.25, 0.3) is 6.08 Å². The Morgan fingerprint density at radius 3 is 2.54 bits per heavy atom. The van der Waals surface area contributed by atoms with Crippen LogP contribution in [0.2, 0.25) is 0 Å². The topological polar surface area (TPSA) is 77.0 Å². The van der Waals surface area contributed by atoms with E-state index in [0.717, 1.165) is 11.3 Å². The van der Waals surface area contributed by atoms with E-state index in [-0.39, 0.29) is 12.0 Å². The van der Waals surface area contributed by atoms with E-state index in [1.807, 2.05) is 38.1 Å². The molecule has 2 aromatic carbocycles. The maximum atomic E-state index is 12.3. The molecule has 1 fully saturated rings. The Kier molecular flexibility index (Phi) is 6.16. The standard InChI is InChI=1S/C21H20N2O4S/c1-13(2)27-17-7-5-4-6-15(17)12-18-19(24)23-21(28-18)22-16-10-8-14(9-11-16)20(25)26-3/h4-13H,1-3H3,(H,22,23,24). The second kappa shape index (κ2) is 8.75. The van der Waals surface area contributed by atoms with E-state index < -0.39 is 5.97 Å². The number of hydrogen-bond donors (Lipinski definition) is 1. The van der Waals surface area contributed by atoms with E-state index in [2.05, 4.69) is 15.0 Å². The zero-order valence-corrected chi connectivity index (χ0v) is 16.6. The molecule has 0 aliphatic carbocycles. The molecule has 2 aromatic rings. The first-order valence-electron chi connectivity index (χ1n) is 8.70. The van der Waals surface area contributed by atoms with Gasteiger partial charge in [0.15, 0.2) is 5.17 Å². The first kappa shape index (κ1) is 19.7. The molecule has 28 heavy (non-hydrogen) atoms. The lowest BCUT2D eigenvalue weighted by Crippen LogP contribution is -2.19. The maximum absolute atomic E-state index is 12.3. The molecule has 3 rings (SSSR count). The molecule has 1 aliphatic heterocycles. The smallest absolute Gasteiger partial charge is 0.337 e. The minimum absolute atomic E-state index is 0.0368. The number of amides is 1. The second-order valence-electron chi connectivity index (χ2n) is 6.22. The number of thioether (sulfide) groups is 1. The quantitative estimate of drug-likeness (QED) is 0.607. The first-order chi connectivity index (χ1) is 13.5. The molecule has 0 radical (unpaired) electrons. The summed E-state index contributed by atoms with van der Waals surface area (Å²) in [5.74, 6) is 0.103. The summed E-state index contributed by atoms with van der Waals surface area (Å²) >= 11 is 1.25. The van der Waals surface area contributed by atoms with Gasteiger partial charge in [-0.2, -0.15) is 0 Å². The number of amidine groups is 1. The van der Waals surface area contributed by atoms with Gasteiger partial charge in [0.1, 0.15) is 5.75 Å². The number of hydrogen-bond acceptors (Lipinski definition) is 6. The number of nitrogens with one attached hydrogen (secondary N) is 1. The summed E-state index contributed by atoms with van der Waals surface area (Å²) in [5, 5.41) is 3.23. The lowest BCUT2D eigenvalue weighted by Gasteiger charge is -2.12. The highest BCUT2D eigenvalue weighted by Gasteiger charge is 2.24. The van der Waals surface area contributed by atoms with Crippen LogP contribution in [-0.4, -0.2) is 30.3 Å². The molecular formula is C21H20N2O4S. The van der Waals surface area contributed by atoms with Crippen molar-refractivity contribution in [3.05, 3.63) is 64.6 Å². The highest BCUT2D eigenvalue weighted by molar-refractivity contribution is 8.18. The molecule has 7 heteroatoms. The van der Waals surface area contributed by atoms with Crippen LogP contribution >= 0.6 is 11.8 Å². The summed E-state index contributed by atoms with van der Waals surface area (Å²) in [5.41, 5.74) is 1.90. The predicted octanol–water partition coefficient (Wildman–Crippen LogP) is 4.15. The summed E-state index contributed by atoms with van der Waals surface area (Å²) in [6, 6.07) is 14.2. The molecule has 6 nitrogen and oxygen atoms in total. The maximum Gasteiger partial charge on any atom is 0.337 e. The molecular weight excluding hydrogens is 376 g/mol. The highest BCUT2D eigenvalue weighted by Crippen LogP contribution is 2.31. The fraction of sp³-hybridized carbons (Fsp3) is 0.190. The highest BCUT2D eigenvalue weighted by atomic mass is 32.2. The van der Waals surface area contributed by atoms with Gasteiger partial charge in [-0.1, -0.05) is 18.2 Å². The number of ether oxygens (including phenoxy) is 2. The molecule has 0 bridgehead atoms. The van der Waals surface area contributed by atoms with Gasteiger partial charge in [0.2, 0.25) is 0 Å². The largest absolute Gasteiger partial charge is 0.490 e. The number of carbonyl (C=O) groups is 2. The predicted molar refractivity (Wildman–Crippen MR) is 111 cm³/mol. The van der Waals surface area contributed by atoms with Gasteiger partial charge in [0.05, 0.1) is 29.4 Å². The average molecular weight is 396 g/mol. The zero-order valence-electron chi connectivity index (χ0n) is 15.8. The van der Waals surface area contributed by atoms with Gasteiger partial charge >= 0.3 is 5.97 Å². The van der Waals surface area contributed by atoms with Crippen molar-refractivity contribution in [2.45, 2.75) is 20.0 Å². The zero-order chi connectivity index (χ0) is 20.1. The number of esters is 1. The van der Waals surface area contributed by atoms with Crippen molar-refractivity contribution in [3.8, 4) is 5.75 Å². The van der Waals surface area contributed by atoms with Crippen LogP contribution in [-0.2, 0) is 9.53 Å². The second-order valence-corrected chi connectivity index (χ2v) is 7.26. The van der Waals surface area contributed by atoms with Crippen LogP contribution in [0.5, 0.6) is 5.75 Å². The van der Waals surface area contributed by atoms with Gasteiger partial charge in [0.25, 0.3) is 5.91 Å². The fourth-order valence-corrected chi connectivity index (χ4v) is 3.32. The van der Waals surface area contributed by atoms with E-state index in [0.29, 0.717) is 21.3 Å². The normalized spacial score (nSPS) is 16.5. The number of carbonyl (C=O) groups excluding carboxylic acids is 2. The third-order valence-corrected chi connectivity index (χ3v) is 4.65. The van der Waals surface area contributed by atoms with Crippen molar-refractivity contribution in [1.29, 1.82) is 0 Å². The third-order valence-electron chi connectivity index (χ3n) is 3.74. The van der Waals surface area contributed by atoms with E-state index in [4.69, 9.17) is 4.74 Å². The molecule has 0 unspecified atom stereocenters. The van der Waals surface area contributed by atoms with Gasteiger partial charge in [-0.05, 0) is 62.0 Å². The third kappa shape index (κ3) is 4.80. The number of aliphatic imine (C=N–C) groups is 1. The number of nitrogens with zero attached hydrogens (tertiary/aromatic N) is 1. The van der Waals surface area contributed by atoms with Crippen LogP contribution in [0, 0.1) is 0 Å². The van der Waals surface area contributed by atoms with Gasteiger partial charge in [-0.3, -0.25) is 4.79 Å². The summed E-state index contributed by atoms with van der Waals surface area (Å²) < 4.78 is 10.5. The molecule has 1 N–H and O–H groups in total. The van der Waals surface area contributed by atoms with Crippen LogP contribution in [0.15, 0.2) is 58.4 Å². The Labute approximate surface area is 167 Å². The molecule has 1 saturated heterocycles.